The summed E-state index contributed by atoms with van der Waals surface area (Å²) >= 11 is 0. The Kier molecular flexibility index (Phi) is 4.24. The average molecular weight is 266 g/mol. The molecule has 1 saturated heterocycles. The molecule has 0 bridgehead atoms. The molecule has 2 N–H and O–H groups in total. The third kappa shape index (κ3) is 2.64. The van der Waals surface area contributed by atoms with Gasteiger partial charge in [-0.3, -0.25) is 4.79 Å². The monoisotopic (exact) mass is 266 g/mol. The van der Waals surface area contributed by atoms with Crippen molar-refractivity contribution < 1.29 is 19.0 Å². The van der Waals surface area contributed by atoms with E-state index in [4.69, 9.17) is 19.9 Å². The Bertz CT molecular complexity index is 464. The molecule has 1 aromatic rings. The van der Waals surface area contributed by atoms with Crippen LogP contribution >= 0.6 is 0 Å². The number of morpholine rings is 1. The average Bonchev–Trinajstić information content (AvgIpc) is 2.47. The Labute approximate surface area is 112 Å². The zero-order chi connectivity index (χ0) is 13.8. The summed E-state index contributed by atoms with van der Waals surface area (Å²) in [6, 6.07) is 5.34. The molecule has 6 nitrogen and oxygen atoms in total. The number of amides is 1. The lowest BCUT2D eigenvalue weighted by molar-refractivity contribution is -0.133. The maximum absolute atomic E-state index is 12.2. The molecule has 1 unspecified atom stereocenters. The Morgan fingerprint density at radius 1 is 1.42 bits per heavy atom. The standard InChI is InChI=1S/C13H18N2O4/c1-17-9-3-4-10(11(7-9)18-2)15-5-6-19-12(8-14)13(15)16/h3-4,7,12H,5-6,8,14H2,1-2H3. The highest BCUT2D eigenvalue weighted by Crippen LogP contribution is 2.33. The van der Waals surface area contributed by atoms with Crippen molar-refractivity contribution in [3.63, 3.8) is 0 Å². The second-order valence-corrected chi connectivity index (χ2v) is 4.12. The van der Waals surface area contributed by atoms with Gasteiger partial charge in [-0.25, -0.2) is 0 Å². The van der Waals surface area contributed by atoms with Gasteiger partial charge in [0.1, 0.15) is 17.6 Å². The first-order valence-electron chi connectivity index (χ1n) is 6.06. The molecular weight excluding hydrogens is 248 g/mol. The number of carbonyl (C=O) groups excluding carboxylic acids is 1. The van der Waals surface area contributed by atoms with Gasteiger partial charge in [-0.15, -0.1) is 0 Å². The van der Waals surface area contributed by atoms with Crippen molar-refractivity contribution in [1.29, 1.82) is 0 Å². The highest BCUT2D eigenvalue weighted by molar-refractivity contribution is 5.98. The first-order chi connectivity index (χ1) is 9.21. The number of nitrogens with two attached hydrogens (primary N) is 1. The van der Waals surface area contributed by atoms with E-state index in [9.17, 15) is 4.79 Å². The Morgan fingerprint density at radius 3 is 2.84 bits per heavy atom. The van der Waals surface area contributed by atoms with Gasteiger partial charge in [-0.05, 0) is 12.1 Å². The van der Waals surface area contributed by atoms with Crippen LogP contribution in [-0.2, 0) is 9.53 Å². The van der Waals surface area contributed by atoms with Crippen LogP contribution in [-0.4, -0.2) is 45.9 Å². The Hall–Kier alpha value is -1.79. The summed E-state index contributed by atoms with van der Waals surface area (Å²) in [4.78, 5) is 13.9. The predicted octanol–water partition coefficient (Wildman–Crippen LogP) is 0.394. The van der Waals surface area contributed by atoms with Crippen molar-refractivity contribution in [1.82, 2.24) is 0 Å². The number of methoxy groups -OCH3 is 2. The normalized spacial score (nSPS) is 19.4. The molecule has 0 radical (unpaired) electrons. The minimum Gasteiger partial charge on any atom is -0.497 e. The molecule has 1 amide bonds. The molecule has 2 rings (SSSR count). The summed E-state index contributed by atoms with van der Waals surface area (Å²) in [6.45, 7) is 1.12. The lowest BCUT2D eigenvalue weighted by Gasteiger charge is -2.32. The summed E-state index contributed by atoms with van der Waals surface area (Å²) < 4.78 is 15.8. The SMILES string of the molecule is COc1ccc(N2CCOC(CN)C2=O)c(OC)c1. The molecule has 104 valence electrons. The van der Waals surface area contributed by atoms with E-state index in [2.05, 4.69) is 0 Å². The molecule has 6 heteroatoms. The second-order valence-electron chi connectivity index (χ2n) is 4.12. The number of hydrogen-bond donors (Lipinski definition) is 1. The molecular formula is C13H18N2O4. The van der Waals surface area contributed by atoms with E-state index in [-0.39, 0.29) is 12.5 Å². The first-order valence-corrected chi connectivity index (χ1v) is 6.06. The highest BCUT2D eigenvalue weighted by Gasteiger charge is 2.31. The van der Waals surface area contributed by atoms with E-state index in [1.54, 1.807) is 37.3 Å². The van der Waals surface area contributed by atoms with E-state index < -0.39 is 6.10 Å². The molecule has 1 fully saturated rings. The number of anilines is 1. The van der Waals surface area contributed by atoms with Gasteiger partial charge >= 0.3 is 0 Å². The molecule has 1 aromatic carbocycles. The van der Waals surface area contributed by atoms with Crippen molar-refractivity contribution in [3.05, 3.63) is 18.2 Å². The number of ether oxygens (including phenoxy) is 3. The van der Waals surface area contributed by atoms with E-state index >= 15 is 0 Å². The van der Waals surface area contributed by atoms with Gasteiger partial charge in [0.05, 0.1) is 26.5 Å². The number of rotatable bonds is 4. The molecule has 0 spiro atoms. The van der Waals surface area contributed by atoms with E-state index in [1.807, 2.05) is 0 Å². The van der Waals surface area contributed by atoms with Crippen LogP contribution in [0, 0.1) is 0 Å². The fraction of sp³-hybridized carbons (Fsp3) is 0.462. The number of carbonyl (C=O) groups is 1. The second kappa shape index (κ2) is 5.90. The van der Waals surface area contributed by atoms with Gasteiger partial charge in [-0.1, -0.05) is 0 Å². The van der Waals surface area contributed by atoms with Crippen molar-refractivity contribution in [2.45, 2.75) is 6.10 Å². The van der Waals surface area contributed by atoms with E-state index in [0.717, 1.165) is 0 Å². The lowest BCUT2D eigenvalue weighted by atomic mass is 10.2. The topological polar surface area (TPSA) is 74.0 Å². The smallest absolute Gasteiger partial charge is 0.257 e. The Morgan fingerprint density at radius 2 is 2.21 bits per heavy atom. The van der Waals surface area contributed by atoms with Crippen LogP contribution in [0.1, 0.15) is 0 Å². The zero-order valence-corrected chi connectivity index (χ0v) is 11.1. The lowest BCUT2D eigenvalue weighted by Crippen LogP contribution is -2.50. The van der Waals surface area contributed by atoms with Crippen molar-refractivity contribution >= 4 is 11.6 Å². The fourth-order valence-electron chi connectivity index (χ4n) is 2.06. The quantitative estimate of drug-likeness (QED) is 0.853. The molecule has 19 heavy (non-hydrogen) atoms. The summed E-state index contributed by atoms with van der Waals surface area (Å²) in [7, 11) is 3.14. The van der Waals surface area contributed by atoms with Gasteiger partial charge in [0.15, 0.2) is 0 Å². The van der Waals surface area contributed by atoms with Gasteiger partial charge in [0.2, 0.25) is 0 Å². The molecule has 1 heterocycles. The molecule has 1 aliphatic rings. The van der Waals surface area contributed by atoms with Crippen LogP contribution < -0.4 is 20.1 Å². The maximum atomic E-state index is 12.2. The third-order valence-corrected chi connectivity index (χ3v) is 3.07. The molecule has 0 aliphatic carbocycles. The van der Waals surface area contributed by atoms with Crippen LogP contribution in [0.3, 0.4) is 0 Å². The van der Waals surface area contributed by atoms with Crippen LogP contribution in [0.2, 0.25) is 0 Å². The number of hydrogen-bond acceptors (Lipinski definition) is 5. The third-order valence-electron chi connectivity index (χ3n) is 3.07. The molecule has 1 aliphatic heterocycles. The first kappa shape index (κ1) is 13.6. The number of nitrogens with zero attached hydrogens (tertiary/aromatic N) is 1. The summed E-state index contributed by atoms with van der Waals surface area (Å²) in [5.74, 6) is 1.12. The molecule has 0 aromatic heterocycles. The van der Waals surface area contributed by atoms with Gasteiger partial charge in [0, 0.05) is 19.2 Å². The van der Waals surface area contributed by atoms with Gasteiger partial charge in [-0.2, -0.15) is 0 Å². The highest BCUT2D eigenvalue weighted by atomic mass is 16.5. The number of benzene rings is 1. The van der Waals surface area contributed by atoms with Crippen LogP contribution in [0.4, 0.5) is 5.69 Å². The van der Waals surface area contributed by atoms with Crippen LogP contribution in [0.25, 0.3) is 0 Å². The summed E-state index contributed by atoms with van der Waals surface area (Å²) in [5, 5.41) is 0. The summed E-state index contributed by atoms with van der Waals surface area (Å²) in [5.41, 5.74) is 6.23. The van der Waals surface area contributed by atoms with Crippen molar-refractivity contribution in [3.8, 4) is 11.5 Å². The summed E-state index contributed by atoms with van der Waals surface area (Å²) in [6.07, 6.45) is -0.583. The van der Waals surface area contributed by atoms with E-state index in [0.29, 0.717) is 30.3 Å². The maximum Gasteiger partial charge on any atom is 0.257 e. The Balaban J connectivity index is 2.32. The van der Waals surface area contributed by atoms with Gasteiger partial charge < -0.3 is 24.8 Å². The minimum absolute atomic E-state index is 0.141. The molecule has 1 atom stereocenters. The largest absolute Gasteiger partial charge is 0.497 e. The zero-order valence-electron chi connectivity index (χ0n) is 11.1. The van der Waals surface area contributed by atoms with Crippen LogP contribution in [0.5, 0.6) is 11.5 Å². The van der Waals surface area contributed by atoms with Crippen molar-refractivity contribution in [2.75, 3.05) is 38.8 Å². The van der Waals surface area contributed by atoms with E-state index in [1.165, 1.54) is 0 Å². The minimum atomic E-state index is -0.583. The molecule has 0 saturated carbocycles. The fourth-order valence-corrected chi connectivity index (χ4v) is 2.06. The predicted molar refractivity (Wildman–Crippen MR) is 70.7 cm³/mol. The van der Waals surface area contributed by atoms with Gasteiger partial charge in [0.25, 0.3) is 5.91 Å². The van der Waals surface area contributed by atoms with Crippen molar-refractivity contribution in [2.24, 2.45) is 5.73 Å². The van der Waals surface area contributed by atoms with Crippen LogP contribution in [0.15, 0.2) is 18.2 Å².